The first-order valence-corrected chi connectivity index (χ1v) is 12.9. The summed E-state index contributed by atoms with van der Waals surface area (Å²) in [7, 11) is -1.01. The van der Waals surface area contributed by atoms with Gasteiger partial charge in [0.1, 0.15) is 23.9 Å². The summed E-state index contributed by atoms with van der Waals surface area (Å²) >= 11 is 0. The van der Waals surface area contributed by atoms with E-state index in [0.29, 0.717) is 37.6 Å². The second-order valence-electron chi connectivity index (χ2n) is 8.20. The molecule has 1 saturated heterocycles. The van der Waals surface area contributed by atoms with Crippen LogP contribution < -0.4 is 18.7 Å². The first-order chi connectivity index (χ1) is 17.3. The lowest BCUT2D eigenvalue weighted by atomic mass is 10.2. The monoisotopic (exact) mass is 513 g/mol. The summed E-state index contributed by atoms with van der Waals surface area (Å²) in [6.45, 7) is 1.65. The zero-order valence-electron chi connectivity index (χ0n) is 20.1. The standard InChI is InChI=1S/C26H28FN3O5S/c1-34-22-11-9-21(10-12-22)30(36(32,33)23-13-7-20(27)8-14-23)19-26(31)29-17-15-28(16-18-29)24-5-3-4-6-25(24)35-2/h3-14H,15-19H2,1-2H3. The van der Waals surface area contributed by atoms with Crippen LogP contribution >= 0.6 is 0 Å². The third-order valence-electron chi connectivity index (χ3n) is 6.10. The van der Waals surface area contributed by atoms with Gasteiger partial charge in [0.05, 0.1) is 30.5 Å². The van der Waals surface area contributed by atoms with E-state index in [2.05, 4.69) is 4.90 Å². The number of carbonyl (C=O) groups excluding carboxylic acids is 1. The van der Waals surface area contributed by atoms with E-state index in [1.54, 1.807) is 36.3 Å². The molecule has 0 unspecified atom stereocenters. The number of nitrogens with zero attached hydrogens (tertiary/aromatic N) is 3. The lowest BCUT2D eigenvalue weighted by Crippen LogP contribution is -2.52. The number of para-hydroxylation sites is 2. The maximum atomic E-state index is 13.5. The molecular weight excluding hydrogens is 485 g/mol. The molecule has 0 radical (unpaired) electrons. The molecule has 3 aromatic rings. The molecule has 1 fully saturated rings. The highest BCUT2D eigenvalue weighted by Gasteiger charge is 2.30. The van der Waals surface area contributed by atoms with E-state index in [1.807, 2.05) is 24.3 Å². The van der Waals surface area contributed by atoms with Gasteiger partial charge in [-0.3, -0.25) is 9.10 Å². The van der Waals surface area contributed by atoms with Crippen LogP contribution in [0, 0.1) is 5.82 Å². The Labute approximate surface area is 210 Å². The van der Waals surface area contributed by atoms with Gasteiger partial charge >= 0.3 is 0 Å². The molecule has 0 atom stereocenters. The summed E-state index contributed by atoms with van der Waals surface area (Å²) in [4.78, 5) is 17.0. The van der Waals surface area contributed by atoms with Crippen molar-refractivity contribution in [3.63, 3.8) is 0 Å². The van der Waals surface area contributed by atoms with Crippen molar-refractivity contribution in [3.05, 3.63) is 78.6 Å². The van der Waals surface area contributed by atoms with Crippen molar-refractivity contribution >= 4 is 27.3 Å². The summed E-state index contributed by atoms with van der Waals surface area (Å²) in [6, 6.07) is 18.6. The van der Waals surface area contributed by atoms with Gasteiger partial charge in [-0.05, 0) is 60.7 Å². The van der Waals surface area contributed by atoms with E-state index in [4.69, 9.17) is 9.47 Å². The maximum absolute atomic E-state index is 13.5. The van der Waals surface area contributed by atoms with Gasteiger partial charge in [0.25, 0.3) is 10.0 Å². The fraction of sp³-hybridized carbons (Fsp3) is 0.269. The third kappa shape index (κ3) is 5.38. The third-order valence-corrected chi connectivity index (χ3v) is 7.89. The predicted octanol–water partition coefficient (Wildman–Crippen LogP) is 3.39. The van der Waals surface area contributed by atoms with Crippen molar-refractivity contribution in [3.8, 4) is 11.5 Å². The number of piperazine rings is 1. The topological polar surface area (TPSA) is 79.4 Å². The van der Waals surface area contributed by atoms with E-state index in [1.165, 1.54) is 19.2 Å². The van der Waals surface area contributed by atoms with Crippen LogP contribution in [0.3, 0.4) is 0 Å². The van der Waals surface area contributed by atoms with Gasteiger partial charge in [0, 0.05) is 26.2 Å². The van der Waals surface area contributed by atoms with Crippen LogP contribution in [0.2, 0.25) is 0 Å². The second-order valence-corrected chi connectivity index (χ2v) is 10.1. The average Bonchev–Trinajstić information content (AvgIpc) is 2.92. The van der Waals surface area contributed by atoms with E-state index in [-0.39, 0.29) is 17.3 Å². The van der Waals surface area contributed by atoms with Crippen molar-refractivity contribution in [2.24, 2.45) is 0 Å². The fourth-order valence-electron chi connectivity index (χ4n) is 4.11. The molecule has 0 bridgehead atoms. The first kappa shape index (κ1) is 25.3. The number of carbonyl (C=O) groups is 1. The molecule has 4 rings (SSSR count). The van der Waals surface area contributed by atoms with E-state index in [0.717, 1.165) is 27.9 Å². The highest BCUT2D eigenvalue weighted by atomic mass is 32.2. The van der Waals surface area contributed by atoms with Crippen molar-refractivity contribution in [1.82, 2.24) is 4.90 Å². The van der Waals surface area contributed by atoms with Gasteiger partial charge in [0.15, 0.2) is 0 Å². The van der Waals surface area contributed by atoms with Crippen molar-refractivity contribution < 1.29 is 27.1 Å². The summed E-state index contributed by atoms with van der Waals surface area (Å²) in [5, 5.41) is 0. The van der Waals surface area contributed by atoms with Gasteiger partial charge in [-0.2, -0.15) is 0 Å². The van der Waals surface area contributed by atoms with Crippen LogP contribution in [-0.4, -0.2) is 66.2 Å². The Morgan fingerprint density at radius 2 is 1.53 bits per heavy atom. The van der Waals surface area contributed by atoms with Gasteiger partial charge in [0.2, 0.25) is 5.91 Å². The minimum absolute atomic E-state index is 0.103. The molecule has 0 spiro atoms. The Kier molecular flexibility index (Phi) is 7.64. The molecule has 1 aliphatic rings. The van der Waals surface area contributed by atoms with Gasteiger partial charge in [-0.15, -0.1) is 0 Å². The molecule has 1 aliphatic heterocycles. The minimum Gasteiger partial charge on any atom is -0.497 e. The van der Waals surface area contributed by atoms with Crippen molar-refractivity contribution in [2.45, 2.75) is 4.90 Å². The lowest BCUT2D eigenvalue weighted by molar-refractivity contribution is -0.129. The van der Waals surface area contributed by atoms with Gasteiger partial charge in [-0.25, -0.2) is 12.8 Å². The Bertz CT molecular complexity index is 1290. The molecule has 0 aromatic heterocycles. The highest BCUT2D eigenvalue weighted by molar-refractivity contribution is 7.92. The number of benzene rings is 3. The summed E-state index contributed by atoms with van der Waals surface area (Å²) in [5.41, 5.74) is 1.26. The largest absolute Gasteiger partial charge is 0.497 e. The Morgan fingerprint density at radius 1 is 0.889 bits per heavy atom. The van der Waals surface area contributed by atoms with Crippen molar-refractivity contribution in [2.75, 3.05) is 56.1 Å². The molecule has 3 aromatic carbocycles. The number of anilines is 2. The molecular formula is C26H28FN3O5S. The molecule has 36 heavy (non-hydrogen) atoms. The van der Waals surface area contributed by atoms with Gasteiger partial charge < -0.3 is 19.3 Å². The number of hydrogen-bond donors (Lipinski definition) is 0. The van der Waals surface area contributed by atoms with E-state index >= 15 is 0 Å². The number of ether oxygens (including phenoxy) is 2. The van der Waals surface area contributed by atoms with Crippen LogP contribution in [0.25, 0.3) is 0 Å². The summed E-state index contributed by atoms with van der Waals surface area (Å²) in [5.74, 6) is 0.440. The van der Waals surface area contributed by atoms with Crippen LogP contribution in [0.1, 0.15) is 0 Å². The number of amides is 1. The zero-order chi connectivity index (χ0) is 25.7. The maximum Gasteiger partial charge on any atom is 0.264 e. The highest BCUT2D eigenvalue weighted by Crippen LogP contribution is 2.29. The molecule has 1 amide bonds. The fourth-order valence-corrected chi connectivity index (χ4v) is 5.52. The Balaban J connectivity index is 1.54. The number of methoxy groups -OCH3 is 2. The Morgan fingerprint density at radius 3 is 2.14 bits per heavy atom. The van der Waals surface area contributed by atoms with Crippen LogP contribution in [0.5, 0.6) is 11.5 Å². The molecule has 10 heteroatoms. The van der Waals surface area contributed by atoms with E-state index < -0.39 is 15.8 Å². The first-order valence-electron chi connectivity index (χ1n) is 11.4. The van der Waals surface area contributed by atoms with Gasteiger partial charge in [-0.1, -0.05) is 12.1 Å². The molecule has 1 heterocycles. The molecule has 0 N–H and O–H groups in total. The van der Waals surface area contributed by atoms with Crippen molar-refractivity contribution in [1.29, 1.82) is 0 Å². The zero-order valence-corrected chi connectivity index (χ0v) is 20.9. The van der Waals surface area contributed by atoms with Crippen LogP contribution in [0.15, 0.2) is 77.7 Å². The van der Waals surface area contributed by atoms with Crippen LogP contribution in [0.4, 0.5) is 15.8 Å². The summed E-state index contributed by atoms with van der Waals surface area (Å²) < 4.78 is 52.1. The number of hydrogen-bond acceptors (Lipinski definition) is 6. The van der Waals surface area contributed by atoms with Crippen LogP contribution in [-0.2, 0) is 14.8 Å². The quantitative estimate of drug-likeness (QED) is 0.460. The predicted molar refractivity (Wildman–Crippen MR) is 136 cm³/mol. The molecule has 8 nitrogen and oxygen atoms in total. The SMILES string of the molecule is COc1ccc(N(CC(=O)N2CCN(c3ccccc3OC)CC2)S(=O)(=O)c2ccc(F)cc2)cc1. The van der Waals surface area contributed by atoms with E-state index in [9.17, 15) is 17.6 Å². The lowest BCUT2D eigenvalue weighted by Gasteiger charge is -2.37. The average molecular weight is 514 g/mol. The molecule has 190 valence electrons. The molecule has 0 aliphatic carbocycles. The number of rotatable bonds is 8. The normalized spacial score (nSPS) is 13.9. The Hall–Kier alpha value is -3.79. The number of halogens is 1. The summed E-state index contributed by atoms with van der Waals surface area (Å²) in [6.07, 6.45) is 0. The molecule has 0 saturated carbocycles. The number of sulfonamides is 1. The second kappa shape index (κ2) is 10.9. The smallest absolute Gasteiger partial charge is 0.264 e. The minimum atomic E-state index is -4.14.